The molecule has 0 bridgehead atoms. The molecule has 0 amide bonds. The number of para-hydroxylation sites is 2. The third-order valence-electron chi connectivity index (χ3n) is 6.84. The van der Waals surface area contributed by atoms with Gasteiger partial charge in [-0.2, -0.15) is 0 Å². The van der Waals surface area contributed by atoms with Gasteiger partial charge in [0.1, 0.15) is 11.5 Å². The number of benzene rings is 3. The molecule has 0 saturated heterocycles. The van der Waals surface area contributed by atoms with Crippen molar-refractivity contribution in [2.45, 2.75) is 91.9 Å². The molecule has 0 spiro atoms. The molecule has 4 heteroatoms. The average Bonchev–Trinajstić information content (AvgIpc) is 2.81. The zero-order chi connectivity index (χ0) is 28.4. The van der Waals surface area contributed by atoms with Crippen LogP contribution in [0.25, 0.3) is 0 Å². The van der Waals surface area contributed by atoms with Gasteiger partial charge in [-0.1, -0.05) is 93.5 Å². The van der Waals surface area contributed by atoms with Crippen LogP contribution in [0.5, 0.6) is 11.5 Å². The molecule has 3 aromatic carbocycles. The number of phenolic OH excluding ortho intramolecular Hbond substituents is 2. The highest BCUT2D eigenvalue weighted by atomic mass is 16.3. The Morgan fingerprint density at radius 2 is 0.947 bits per heavy atom. The monoisotopic (exact) mass is 512 g/mol. The van der Waals surface area contributed by atoms with Gasteiger partial charge in [0, 0.05) is 34.7 Å². The van der Waals surface area contributed by atoms with Gasteiger partial charge >= 0.3 is 0 Å². The smallest absolute Gasteiger partial charge is 0.128 e. The second-order valence-electron chi connectivity index (χ2n) is 12.8. The summed E-state index contributed by atoms with van der Waals surface area (Å²) in [6, 6.07) is 15.9. The molecule has 38 heavy (non-hydrogen) atoms. The number of rotatable bonds is 6. The second kappa shape index (κ2) is 11.1. The quantitative estimate of drug-likeness (QED) is 0.323. The molecule has 3 aromatic rings. The van der Waals surface area contributed by atoms with Crippen LogP contribution in [0, 0.1) is 0 Å². The largest absolute Gasteiger partial charge is 0.507 e. The topological polar surface area (TPSA) is 65.2 Å². The first kappa shape index (κ1) is 29.2. The van der Waals surface area contributed by atoms with E-state index in [2.05, 4.69) is 81.4 Å². The van der Waals surface area contributed by atoms with Crippen molar-refractivity contribution < 1.29 is 10.2 Å². The van der Waals surface area contributed by atoms with E-state index in [1.54, 1.807) is 12.4 Å². The molecule has 202 valence electrons. The van der Waals surface area contributed by atoms with Gasteiger partial charge in [0.15, 0.2) is 0 Å². The van der Waals surface area contributed by atoms with Crippen LogP contribution in [0.4, 0.5) is 11.4 Å². The molecule has 0 saturated carbocycles. The molecule has 3 rings (SSSR count). The second-order valence-corrected chi connectivity index (χ2v) is 12.8. The molecule has 2 N–H and O–H groups in total. The summed E-state index contributed by atoms with van der Waals surface area (Å²) in [6.07, 6.45) is 3.44. The van der Waals surface area contributed by atoms with E-state index in [9.17, 15) is 10.2 Å². The summed E-state index contributed by atoms with van der Waals surface area (Å²) >= 11 is 0. The number of aromatic hydroxyl groups is 2. The van der Waals surface area contributed by atoms with Crippen molar-refractivity contribution in [2.75, 3.05) is 0 Å². The van der Waals surface area contributed by atoms with Crippen molar-refractivity contribution in [1.82, 2.24) is 0 Å². The van der Waals surface area contributed by atoms with E-state index in [4.69, 9.17) is 9.98 Å². The minimum Gasteiger partial charge on any atom is -0.507 e. The van der Waals surface area contributed by atoms with E-state index in [-0.39, 0.29) is 22.3 Å². The molecule has 0 heterocycles. The summed E-state index contributed by atoms with van der Waals surface area (Å²) in [4.78, 5) is 9.47. The Morgan fingerprint density at radius 3 is 1.24 bits per heavy atom. The Labute approximate surface area is 229 Å². The normalized spacial score (nSPS) is 12.9. The highest BCUT2D eigenvalue weighted by Crippen LogP contribution is 2.38. The SMILES string of the molecule is CC(C)c1cc(C=Nc2ccccc2N=Cc2cc(C(C)C)cc(C(C)(C)C)c2O)c(O)c(C(C)(C)C)c1. The number of phenols is 2. The first-order valence-corrected chi connectivity index (χ1v) is 13.5. The van der Waals surface area contributed by atoms with Crippen LogP contribution in [-0.4, -0.2) is 22.6 Å². The molecule has 0 aliphatic carbocycles. The van der Waals surface area contributed by atoms with Crippen LogP contribution >= 0.6 is 0 Å². The zero-order valence-corrected chi connectivity index (χ0v) is 24.7. The van der Waals surface area contributed by atoms with Crippen molar-refractivity contribution in [1.29, 1.82) is 0 Å². The lowest BCUT2D eigenvalue weighted by Gasteiger charge is -2.23. The Kier molecular flexibility index (Phi) is 8.55. The molecule has 0 unspecified atom stereocenters. The van der Waals surface area contributed by atoms with Gasteiger partial charge in [-0.05, 0) is 58.1 Å². The van der Waals surface area contributed by atoms with Crippen molar-refractivity contribution >= 4 is 23.8 Å². The van der Waals surface area contributed by atoms with Crippen molar-refractivity contribution in [3.63, 3.8) is 0 Å². The number of aliphatic imine (C=N–C) groups is 2. The van der Waals surface area contributed by atoms with Crippen LogP contribution in [0.2, 0.25) is 0 Å². The summed E-state index contributed by atoms with van der Waals surface area (Å²) in [5.41, 5.74) is 6.51. The zero-order valence-electron chi connectivity index (χ0n) is 24.7. The van der Waals surface area contributed by atoms with E-state index in [1.807, 2.05) is 36.4 Å². The summed E-state index contributed by atoms with van der Waals surface area (Å²) < 4.78 is 0. The molecular weight excluding hydrogens is 468 g/mol. The molecule has 0 aliphatic rings. The summed E-state index contributed by atoms with van der Waals surface area (Å²) in [5.74, 6) is 1.18. The fourth-order valence-electron chi connectivity index (χ4n) is 4.33. The molecule has 0 atom stereocenters. The van der Waals surface area contributed by atoms with Gasteiger partial charge in [-0.3, -0.25) is 9.98 Å². The molecule has 0 aliphatic heterocycles. The maximum absolute atomic E-state index is 11.1. The molecular formula is C34H44N2O2. The van der Waals surface area contributed by atoms with Gasteiger partial charge < -0.3 is 10.2 Å². The third-order valence-corrected chi connectivity index (χ3v) is 6.84. The van der Waals surface area contributed by atoms with E-state index >= 15 is 0 Å². The maximum Gasteiger partial charge on any atom is 0.128 e. The minimum absolute atomic E-state index is 0.196. The standard InChI is InChI=1S/C34H44N2O2/c1-21(2)23-15-25(31(37)27(17-23)33(5,6)7)19-35-29-13-11-12-14-30(29)36-20-26-16-24(22(3)4)18-28(32(26)38)34(8,9)10/h11-22,37-38H,1-10H3. The third kappa shape index (κ3) is 6.72. The van der Waals surface area contributed by atoms with Gasteiger partial charge in [-0.15, -0.1) is 0 Å². The fraction of sp³-hybridized carbons (Fsp3) is 0.412. The van der Waals surface area contributed by atoms with Crippen LogP contribution in [0.1, 0.15) is 114 Å². The van der Waals surface area contributed by atoms with E-state index in [1.165, 1.54) is 0 Å². The summed E-state index contributed by atoms with van der Waals surface area (Å²) in [5, 5.41) is 22.1. The first-order chi connectivity index (χ1) is 17.6. The van der Waals surface area contributed by atoms with E-state index in [0.717, 1.165) is 22.3 Å². The lowest BCUT2D eigenvalue weighted by Crippen LogP contribution is -2.13. The molecule has 0 aromatic heterocycles. The Bertz CT molecular complexity index is 1250. The van der Waals surface area contributed by atoms with Crippen LogP contribution in [0.3, 0.4) is 0 Å². The highest BCUT2D eigenvalue weighted by molar-refractivity contribution is 5.90. The van der Waals surface area contributed by atoms with E-state index in [0.29, 0.717) is 34.3 Å². The lowest BCUT2D eigenvalue weighted by atomic mass is 9.82. The van der Waals surface area contributed by atoms with Crippen LogP contribution in [-0.2, 0) is 10.8 Å². The predicted octanol–water partition coefficient (Wildman–Crippen LogP) is 9.44. The summed E-state index contributed by atoms with van der Waals surface area (Å²) in [7, 11) is 0. The minimum atomic E-state index is -0.196. The van der Waals surface area contributed by atoms with Gasteiger partial charge in [0.05, 0.1) is 11.4 Å². The average molecular weight is 513 g/mol. The van der Waals surface area contributed by atoms with Gasteiger partial charge in [-0.25, -0.2) is 0 Å². The van der Waals surface area contributed by atoms with Crippen molar-refractivity contribution in [3.8, 4) is 11.5 Å². The highest BCUT2D eigenvalue weighted by Gasteiger charge is 2.23. The summed E-state index contributed by atoms with van der Waals surface area (Å²) in [6.45, 7) is 21.2. The van der Waals surface area contributed by atoms with Gasteiger partial charge in [0.25, 0.3) is 0 Å². The van der Waals surface area contributed by atoms with Crippen LogP contribution < -0.4 is 0 Å². The lowest BCUT2D eigenvalue weighted by molar-refractivity contribution is 0.444. The Hall–Kier alpha value is -3.40. The predicted molar refractivity (Wildman–Crippen MR) is 163 cm³/mol. The molecule has 0 radical (unpaired) electrons. The first-order valence-electron chi connectivity index (χ1n) is 13.5. The van der Waals surface area contributed by atoms with E-state index < -0.39 is 0 Å². The molecule has 0 fully saturated rings. The van der Waals surface area contributed by atoms with Crippen molar-refractivity contribution in [2.24, 2.45) is 9.98 Å². The number of hydrogen-bond acceptors (Lipinski definition) is 4. The Balaban J connectivity index is 2.06. The van der Waals surface area contributed by atoms with Gasteiger partial charge in [0.2, 0.25) is 0 Å². The van der Waals surface area contributed by atoms with Crippen molar-refractivity contribution in [3.05, 3.63) is 81.9 Å². The number of nitrogens with zero attached hydrogens (tertiary/aromatic N) is 2. The Morgan fingerprint density at radius 1 is 0.605 bits per heavy atom. The number of hydrogen-bond donors (Lipinski definition) is 2. The molecule has 4 nitrogen and oxygen atoms in total. The maximum atomic E-state index is 11.1. The van der Waals surface area contributed by atoms with Crippen LogP contribution in [0.15, 0.2) is 58.5 Å². The fourth-order valence-corrected chi connectivity index (χ4v) is 4.33.